The highest BCUT2D eigenvalue weighted by molar-refractivity contribution is 5.76. The second kappa shape index (κ2) is 6.83. The van der Waals surface area contributed by atoms with E-state index in [2.05, 4.69) is 0 Å². The largest absolute Gasteiger partial charge is 0.496 e. The molecule has 1 rings (SSSR count). The van der Waals surface area contributed by atoms with Crippen LogP contribution in [0.4, 0.5) is 0 Å². The van der Waals surface area contributed by atoms with Crippen LogP contribution < -0.4 is 20.7 Å². The summed E-state index contributed by atoms with van der Waals surface area (Å²) in [5, 5.41) is 0. The summed E-state index contributed by atoms with van der Waals surface area (Å²) in [7, 11) is 3.18. The van der Waals surface area contributed by atoms with Crippen molar-refractivity contribution in [1.29, 1.82) is 0 Å². The SMILES string of the molecule is COc1ccc(COCC(=O)NN)c(OC)c1C. The molecule has 6 heteroatoms. The fourth-order valence-corrected chi connectivity index (χ4v) is 1.64. The smallest absolute Gasteiger partial charge is 0.259 e. The molecule has 0 unspecified atom stereocenters. The number of carbonyl (C=O) groups is 1. The molecule has 0 fully saturated rings. The Hall–Kier alpha value is -1.79. The van der Waals surface area contributed by atoms with E-state index in [0.29, 0.717) is 5.75 Å². The Kier molecular flexibility index (Phi) is 5.41. The van der Waals surface area contributed by atoms with Crippen LogP contribution in [0.25, 0.3) is 0 Å². The Labute approximate surface area is 106 Å². The first-order valence-electron chi connectivity index (χ1n) is 5.41. The van der Waals surface area contributed by atoms with Crippen molar-refractivity contribution in [2.75, 3.05) is 20.8 Å². The van der Waals surface area contributed by atoms with Crippen molar-refractivity contribution in [1.82, 2.24) is 5.43 Å². The van der Waals surface area contributed by atoms with Gasteiger partial charge in [-0.2, -0.15) is 0 Å². The van der Waals surface area contributed by atoms with Gasteiger partial charge in [0.05, 0.1) is 20.8 Å². The number of nitrogens with two attached hydrogens (primary N) is 1. The number of carbonyl (C=O) groups excluding carboxylic acids is 1. The third-order valence-corrected chi connectivity index (χ3v) is 2.51. The zero-order valence-corrected chi connectivity index (χ0v) is 10.8. The van der Waals surface area contributed by atoms with E-state index in [4.69, 9.17) is 20.1 Å². The molecule has 100 valence electrons. The third-order valence-electron chi connectivity index (χ3n) is 2.51. The monoisotopic (exact) mass is 254 g/mol. The fraction of sp³-hybridized carbons (Fsp3) is 0.417. The maximum Gasteiger partial charge on any atom is 0.259 e. The number of nitrogens with one attached hydrogen (secondary N) is 1. The number of methoxy groups -OCH3 is 2. The lowest BCUT2D eigenvalue weighted by molar-refractivity contribution is -0.126. The maximum absolute atomic E-state index is 10.9. The highest BCUT2D eigenvalue weighted by Gasteiger charge is 2.11. The first-order valence-corrected chi connectivity index (χ1v) is 5.41. The number of ether oxygens (including phenoxy) is 3. The van der Waals surface area contributed by atoms with Crippen LogP contribution in [0.1, 0.15) is 11.1 Å². The molecule has 18 heavy (non-hydrogen) atoms. The van der Waals surface area contributed by atoms with E-state index in [-0.39, 0.29) is 19.1 Å². The molecule has 0 bridgehead atoms. The summed E-state index contributed by atoms with van der Waals surface area (Å²) in [5.41, 5.74) is 3.74. The minimum atomic E-state index is -0.376. The summed E-state index contributed by atoms with van der Waals surface area (Å²) in [5.74, 6) is 6.02. The number of rotatable bonds is 6. The fourth-order valence-electron chi connectivity index (χ4n) is 1.64. The van der Waals surface area contributed by atoms with Crippen molar-refractivity contribution in [3.63, 3.8) is 0 Å². The molecule has 0 aliphatic carbocycles. The van der Waals surface area contributed by atoms with E-state index >= 15 is 0 Å². The van der Waals surface area contributed by atoms with Crippen LogP contribution in [0.5, 0.6) is 11.5 Å². The molecule has 0 spiro atoms. The van der Waals surface area contributed by atoms with E-state index in [1.807, 2.05) is 24.5 Å². The lowest BCUT2D eigenvalue weighted by atomic mass is 10.1. The van der Waals surface area contributed by atoms with Crippen molar-refractivity contribution in [3.8, 4) is 11.5 Å². The summed E-state index contributed by atoms with van der Waals surface area (Å²) in [6.07, 6.45) is 0. The van der Waals surface area contributed by atoms with Crippen molar-refractivity contribution in [2.24, 2.45) is 5.84 Å². The van der Waals surface area contributed by atoms with Gasteiger partial charge in [0.25, 0.3) is 5.91 Å². The van der Waals surface area contributed by atoms with Gasteiger partial charge < -0.3 is 14.2 Å². The molecule has 0 aliphatic heterocycles. The van der Waals surface area contributed by atoms with Crippen LogP contribution in [0, 0.1) is 6.92 Å². The summed E-state index contributed by atoms with van der Waals surface area (Å²) < 4.78 is 15.7. The lowest BCUT2D eigenvalue weighted by Crippen LogP contribution is -2.33. The molecule has 0 aromatic heterocycles. The zero-order valence-electron chi connectivity index (χ0n) is 10.8. The highest BCUT2D eigenvalue weighted by Crippen LogP contribution is 2.31. The molecule has 0 saturated heterocycles. The Bertz CT molecular complexity index is 421. The molecule has 1 amide bonds. The minimum Gasteiger partial charge on any atom is -0.496 e. The van der Waals surface area contributed by atoms with Crippen LogP contribution in [0.15, 0.2) is 12.1 Å². The van der Waals surface area contributed by atoms with Gasteiger partial charge in [-0.3, -0.25) is 10.2 Å². The molecular formula is C12H18N2O4. The van der Waals surface area contributed by atoms with Crippen LogP contribution in [-0.2, 0) is 16.1 Å². The van der Waals surface area contributed by atoms with Gasteiger partial charge >= 0.3 is 0 Å². The average Bonchev–Trinajstić information content (AvgIpc) is 2.39. The standard InChI is InChI=1S/C12H18N2O4/c1-8-10(16-2)5-4-9(12(8)17-3)6-18-7-11(15)14-13/h4-5H,6-7,13H2,1-3H3,(H,14,15). The molecule has 1 aromatic carbocycles. The molecule has 3 N–H and O–H groups in total. The van der Waals surface area contributed by atoms with E-state index in [0.717, 1.165) is 16.9 Å². The van der Waals surface area contributed by atoms with Gasteiger partial charge in [-0.25, -0.2) is 5.84 Å². The summed E-state index contributed by atoms with van der Waals surface area (Å²) in [6, 6.07) is 3.67. The number of hydrogen-bond donors (Lipinski definition) is 2. The Morgan fingerprint density at radius 2 is 2.06 bits per heavy atom. The van der Waals surface area contributed by atoms with Crippen LogP contribution >= 0.6 is 0 Å². The Morgan fingerprint density at radius 3 is 2.61 bits per heavy atom. The van der Waals surface area contributed by atoms with Gasteiger partial charge in [0.15, 0.2) is 0 Å². The quantitative estimate of drug-likeness (QED) is 0.439. The predicted molar refractivity (Wildman–Crippen MR) is 66.3 cm³/mol. The lowest BCUT2D eigenvalue weighted by Gasteiger charge is -2.14. The van der Waals surface area contributed by atoms with Crippen LogP contribution in [-0.4, -0.2) is 26.7 Å². The molecule has 0 heterocycles. The van der Waals surface area contributed by atoms with Gasteiger partial charge in [-0.05, 0) is 19.1 Å². The molecule has 6 nitrogen and oxygen atoms in total. The molecule has 0 radical (unpaired) electrons. The van der Waals surface area contributed by atoms with E-state index in [9.17, 15) is 4.79 Å². The maximum atomic E-state index is 10.9. The second-order valence-electron chi connectivity index (χ2n) is 3.65. The molecule has 0 aliphatic rings. The topological polar surface area (TPSA) is 82.8 Å². The van der Waals surface area contributed by atoms with Gasteiger partial charge in [0.2, 0.25) is 0 Å². The number of hydrogen-bond acceptors (Lipinski definition) is 5. The van der Waals surface area contributed by atoms with Crippen molar-refractivity contribution in [2.45, 2.75) is 13.5 Å². The zero-order chi connectivity index (χ0) is 13.5. The minimum absolute atomic E-state index is 0.0925. The second-order valence-corrected chi connectivity index (χ2v) is 3.65. The molecular weight excluding hydrogens is 236 g/mol. The number of hydrazine groups is 1. The van der Waals surface area contributed by atoms with Gasteiger partial charge in [0.1, 0.15) is 18.1 Å². The van der Waals surface area contributed by atoms with E-state index in [1.54, 1.807) is 14.2 Å². The van der Waals surface area contributed by atoms with Gasteiger partial charge in [0, 0.05) is 11.1 Å². The van der Waals surface area contributed by atoms with E-state index in [1.165, 1.54) is 0 Å². The summed E-state index contributed by atoms with van der Waals surface area (Å²) >= 11 is 0. The normalized spacial score (nSPS) is 10.0. The van der Waals surface area contributed by atoms with E-state index < -0.39 is 0 Å². The Balaban J connectivity index is 2.77. The summed E-state index contributed by atoms with van der Waals surface area (Å²) in [4.78, 5) is 10.9. The van der Waals surface area contributed by atoms with Crippen LogP contribution in [0.2, 0.25) is 0 Å². The first kappa shape index (κ1) is 14.3. The molecule has 1 aromatic rings. The van der Waals surface area contributed by atoms with Crippen LogP contribution in [0.3, 0.4) is 0 Å². The van der Waals surface area contributed by atoms with Crippen molar-refractivity contribution >= 4 is 5.91 Å². The van der Waals surface area contributed by atoms with Gasteiger partial charge in [-0.15, -0.1) is 0 Å². The highest BCUT2D eigenvalue weighted by atomic mass is 16.5. The Morgan fingerprint density at radius 1 is 1.33 bits per heavy atom. The van der Waals surface area contributed by atoms with Gasteiger partial charge in [-0.1, -0.05) is 0 Å². The van der Waals surface area contributed by atoms with Crippen molar-refractivity contribution in [3.05, 3.63) is 23.3 Å². The third kappa shape index (κ3) is 3.35. The summed E-state index contributed by atoms with van der Waals surface area (Å²) in [6.45, 7) is 2.07. The average molecular weight is 254 g/mol. The predicted octanol–water partition coefficient (Wildman–Crippen LogP) is 0.519. The number of amides is 1. The van der Waals surface area contributed by atoms with Crippen molar-refractivity contribution < 1.29 is 19.0 Å². The molecule has 0 atom stereocenters. The molecule has 0 saturated carbocycles. The first-order chi connectivity index (χ1) is 8.63. The number of benzene rings is 1.